The molecule has 0 aliphatic heterocycles. The van der Waals surface area contributed by atoms with Gasteiger partial charge in [-0.3, -0.25) is 0 Å². The number of nitrogens with zero attached hydrogens (tertiary/aromatic N) is 1. The molecule has 2 aromatic heterocycles. The van der Waals surface area contributed by atoms with Crippen LogP contribution in [-0.4, -0.2) is 0 Å². The Bertz CT molecular complexity index is 3460. The molecule has 0 saturated heterocycles. The quantitative estimate of drug-likeness (QED) is 0.169. The molecule has 1 aliphatic rings. The van der Waals surface area contributed by atoms with Crippen molar-refractivity contribution in [1.29, 1.82) is 0 Å². The van der Waals surface area contributed by atoms with E-state index in [1.165, 1.54) is 38.9 Å². The number of fused-ring (bicyclic) bond motifs is 9. The van der Waals surface area contributed by atoms with E-state index in [4.69, 9.17) is 8.83 Å². The van der Waals surface area contributed by atoms with Crippen molar-refractivity contribution in [1.82, 2.24) is 0 Å². The molecule has 0 spiro atoms. The molecular weight excluding hydrogens is 731 g/mol. The number of anilines is 3. The van der Waals surface area contributed by atoms with Gasteiger partial charge in [0.1, 0.15) is 22.3 Å². The highest BCUT2D eigenvalue weighted by Crippen LogP contribution is 2.51. The first-order valence-corrected chi connectivity index (χ1v) is 20.7. The number of furan rings is 2. The number of benzene rings is 9. The second-order valence-corrected chi connectivity index (χ2v) is 16.5. The van der Waals surface area contributed by atoms with Gasteiger partial charge in [0.25, 0.3) is 0 Å². The lowest BCUT2D eigenvalue weighted by Crippen LogP contribution is -2.15. The van der Waals surface area contributed by atoms with Crippen LogP contribution in [0.2, 0.25) is 0 Å². The molecule has 0 bridgehead atoms. The molecule has 3 heteroatoms. The van der Waals surface area contributed by atoms with Crippen LogP contribution in [-0.2, 0) is 5.41 Å². The van der Waals surface area contributed by atoms with Gasteiger partial charge in [-0.25, -0.2) is 0 Å². The summed E-state index contributed by atoms with van der Waals surface area (Å²) in [6.45, 7) is 4.70. The van der Waals surface area contributed by atoms with E-state index >= 15 is 0 Å². The van der Waals surface area contributed by atoms with Gasteiger partial charge in [0.15, 0.2) is 0 Å². The van der Waals surface area contributed by atoms with Crippen molar-refractivity contribution < 1.29 is 8.83 Å². The van der Waals surface area contributed by atoms with E-state index in [0.29, 0.717) is 0 Å². The normalized spacial score (nSPS) is 13.0. The molecule has 0 amide bonds. The summed E-state index contributed by atoms with van der Waals surface area (Å²) >= 11 is 0. The molecule has 284 valence electrons. The zero-order valence-electron chi connectivity index (χ0n) is 33.3. The predicted octanol–water partition coefficient (Wildman–Crippen LogP) is 16.3. The van der Waals surface area contributed by atoms with Crippen LogP contribution in [0.3, 0.4) is 0 Å². The van der Waals surface area contributed by atoms with Gasteiger partial charge in [0.2, 0.25) is 0 Å². The SMILES string of the molecule is CC1(C)c2ccc(-c3ccc(N(c4ccccc4)c4cccc(-c5cccc6c5oc5ccccc56)c4)cc3)cc2-c2ccc(-c3cccc4c3oc3ccccc34)cc21. The summed E-state index contributed by atoms with van der Waals surface area (Å²) in [5.41, 5.74) is 18.9. The molecule has 0 atom stereocenters. The summed E-state index contributed by atoms with van der Waals surface area (Å²) in [6.07, 6.45) is 0. The Morgan fingerprint density at radius 1 is 0.333 bits per heavy atom. The molecule has 12 rings (SSSR count). The summed E-state index contributed by atoms with van der Waals surface area (Å²) < 4.78 is 12.9. The van der Waals surface area contributed by atoms with Gasteiger partial charge in [0.05, 0.1) is 0 Å². The molecule has 11 aromatic rings. The smallest absolute Gasteiger partial charge is 0.143 e. The zero-order chi connectivity index (χ0) is 40.0. The predicted molar refractivity (Wildman–Crippen MR) is 250 cm³/mol. The van der Waals surface area contributed by atoms with Gasteiger partial charge in [-0.1, -0.05) is 153 Å². The van der Waals surface area contributed by atoms with Crippen LogP contribution in [0.4, 0.5) is 17.1 Å². The molecule has 0 radical (unpaired) electrons. The first-order chi connectivity index (χ1) is 29.5. The Hall–Kier alpha value is -7.62. The third-order valence-electron chi connectivity index (χ3n) is 12.7. The fourth-order valence-electron chi connectivity index (χ4n) is 9.69. The summed E-state index contributed by atoms with van der Waals surface area (Å²) in [7, 11) is 0. The third kappa shape index (κ3) is 5.29. The Labute approximate surface area is 348 Å². The largest absolute Gasteiger partial charge is 0.455 e. The molecule has 9 aromatic carbocycles. The van der Waals surface area contributed by atoms with Crippen LogP contribution in [0, 0.1) is 0 Å². The molecule has 60 heavy (non-hydrogen) atoms. The van der Waals surface area contributed by atoms with E-state index in [2.05, 4.69) is 201 Å². The lowest BCUT2D eigenvalue weighted by molar-refractivity contribution is 0.660. The van der Waals surface area contributed by atoms with Gasteiger partial charge in [-0.05, 0) is 105 Å². The van der Waals surface area contributed by atoms with Crippen molar-refractivity contribution in [2.75, 3.05) is 4.90 Å². The van der Waals surface area contributed by atoms with E-state index in [0.717, 1.165) is 77.6 Å². The van der Waals surface area contributed by atoms with Crippen LogP contribution < -0.4 is 4.90 Å². The van der Waals surface area contributed by atoms with Crippen LogP contribution in [0.5, 0.6) is 0 Å². The molecule has 2 heterocycles. The number of hydrogen-bond acceptors (Lipinski definition) is 3. The summed E-state index contributed by atoms with van der Waals surface area (Å²) in [5, 5.41) is 4.57. The highest BCUT2D eigenvalue weighted by molar-refractivity contribution is 6.11. The number of hydrogen-bond donors (Lipinski definition) is 0. The Morgan fingerprint density at radius 3 is 1.55 bits per heavy atom. The van der Waals surface area contributed by atoms with Crippen molar-refractivity contribution in [3.05, 3.63) is 211 Å². The first kappa shape index (κ1) is 34.4. The van der Waals surface area contributed by atoms with Crippen LogP contribution >= 0.6 is 0 Å². The fraction of sp³-hybridized carbons (Fsp3) is 0.0526. The maximum absolute atomic E-state index is 6.45. The highest BCUT2D eigenvalue weighted by atomic mass is 16.3. The Kier molecular flexibility index (Phi) is 7.58. The highest BCUT2D eigenvalue weighted by Gasteiger charge is 2.36. The standard InChI is InChI=1S/C57H39NO2/c1-57(2)51-32-28-37(34-50(51)45-31-27-39(35-52(45)57)44-20-12-22-49-47-18-7-9-24-54(47)60-56(44)49)36-25-29-41(30-26-36)58(40-14-4-3-5-15-40)42-16-10-13-38(33-42)43-19-11-21-48-46-17-6-8-23-53(46)59-55(43)48/h3-35H,1-2H3. The van der Waals surface area contributed by atoms with E-state index < -0.39 is 0 Å². The molecule has 1 aliphatic carbocycles. The Morgan fingerprint density at radius 2 is 0.867 bits per heavy atom. The summed E-state index contributed by atoms with van der Waals surface area (Å²) in [5.74, 6) is 0. The molecule has 0 fully saturated rings. The second kappa shape index (κ2) is 13.2. The van der Waals surface area contributed by atoms with Crippen molar-refractivity contribution >= 4 is 60.9 Å². The van der Waals surface area contributed by atoms with Crippen molar-refractivity contribution in [3.63, 3.8) is 0 Å². The number of para-hydroxylation sites is 5. The topological polar surface area (TPSA) is 29.5 Å². The van der Waals surface area contributed by atoms with Gasteiger partial charge in [-0.2, -0.15) is 0 Å². The van der Waals surface area contributed by atoms with E-state index in [1.54, 1.807) is 0 Å². The van der Waals surface area contributed by atoms with Crippen molar-refractivity contribution in [3.8, 4) is 44.5 Å². The second-order valence-electron chi connectivity index (χ2n) is 16.5. The maximum atomic E-state index is 6.45. The minimum atomic E-state index is -0.147. The fourth-order valence-corrected chi connectivity index (χ4v) is 9.69. The third-order valence-corrected chi connectivity index (χ3v) is 12.7. The van der Waals surface area contributed by atoms with E-state index in [-0.39, 0.29) is 5.41 Å². The average molecular weight is 770 g/mol. The monoisotopic (exact) mass is 769 g/mol. The van der Waals surface area contributed by atoms with Crippen molar-refractivity contribution in [2.24, 2.45) is 0 Å². The van der Waals surface area contributed by atoms with Gasteiger partial charge in [0, 0.05) is 55.1 Å². The minimum absolute atomic E-state index is 0.147. The van der Waals surface area contributed by atoms with Crippen LogP contribution in [0.15, 0.2) is 209 Å². The molecule has 0 N–H and O–H groups in total. The lowest BCUT2D eigenvalue weighted by atomic mass is 9.81. The van der Waals surface area contributed by atoms with Crippen LogP contribution in [0.1, 0.15) is 25.0 Å². The molecular formula is C57H39NO2. The zero-order valence-corrected chi connectivity index (χ0v) is 33.3. The average Bonchev–Trinajstić information content (AvgIpc) is 3.95. The minimum Gasteiger partial charge on any atom is -0.455 e. The van der Waals surface area contributed by atoms with Gasteiger partial charge < -0.3 is 13.7 Å². The number of rotatable bonds is 6. The van der Waals surface area contributed by atoms with Crippen molar-refractivity contribution in [2.45, 2.75) is 19.3 Å². The summed E-state index contributed by atoms with van der Waals surface area (Å²) in [6, 6.07) is 71.8. The molecule has 0 saturated carbocycles. The molecule has 0 unspecified atom stereocenters. The van der Waals surface area contributed by atoms with E-state index in [1.807, 2.05) is 18.2 Å². The van der Waals surface area contributed by atoms with Crippen LogP contribution in [0.25, 0.3) is 88.4 Å². The molecule has 3 nitrogen and oxygen atoms in total. The van der Waals surface area contributed by atoms with Gasteiger partial charge in [-0.15, -0.1) is 0 Å². The Balaban J connectivity index is 0.899. The lowest BCUT2D eigenvalue weighted by Gasteiger charge is -2.26. The first-order valence-electron chi connectivity index (χ1n) is 20.7. The maximum Gasteiger partial charge on any atom is 0.143 e. The van der Waals surface area contributed by atoms with E-state index in [9.17, 15) is 0 Å². The summed E-state index contributed by atoms with van der Waals surface area (Å²) in [4.78, 5) is 2.33. The van der Waals surface area contributed by atoms with Gasteiger partial charge >= 0.3 is 0 Å².